The molecule has 0 aliphatic carbocycles. The van der Waals surface area contributed by atoms with Crippen molar-refractivity contribution in [3.05, 3.63) is 64.5 Å². The number of allylic oxidation sites excluding steroid dienone is 1. The number of hydrogen-bond acceptors (Lipinski definition) is 3. The molecular formula is C17H15N3OS. The lowest BCUT2D eigenvalue weighted by atomic mass is 10.2. The standard InChI is InChI=1S/C17H15N3OS/c21-17(11-14-6-4-10-22-14)20-19-9-3-5-13-12-18-16-8-2-1-7-15(13)16/h1-10,12,18H,11H2,(H,20,21). The molecule has 0 saturated carbocycles. The van der Waals surface area contributed by atoms with E-state index in [2.05, 4.69) is 21.6 Å². The zero-order chi connectivity index (χ0) is 15.2. The lowest BCUT2D eigenvalue weighted by Crippen LogP contribution is -2.18. The second-order valence-electron chi connectivity index (χ2n) is 4.72. The monoisotopic (exact) mass is 309 g/mol. The molecule has 0 atom stereocenters. The minimum absolute atomic E-state index is 0.112. The molecule has 3 aromatic rings. The van der Waals surface area contributed by atoms with Gasteiger partial charge in [0.25, 0.3) is 0 Å². The van der Waals surface area contributed by atoms with E-state index < -0.39 is 0 Å². The number of thiophene rings is 1. The Kier molecular flexibility index (Phi) is 4.46. The molecular weight excluding hydrogens is 294 g/mol. The molecule has 2 heterocycles. The average molecular weight is 309 g/mol. The number of hydrazone groups is 1. The summed E-state index contributed by atoms with van der Waals surface area (Å²) in [6.07, 6.45) is 7.65. The maximum atomic E-state index is 11.6. The van der Waals surface area contributed by atoms with Gasteiger partial charge in [-0.1, -0.05) is 30.3 Å². The van der Waals surface area contributed by atoms with Crippen LogP contribution in [0.1, 0.15) is 10.4 Å². The molecule has 1 amide bonds. The van der Waals surface area contributed by atoms with Crippen LogP contribution in [0.3, 0.4) is 0 Å². The molecule has 0 spiro atoms. The summed E-state index contributed by atoms with van der Waals surface area (Å²) in [5.74, 6) is -0.112. The molecule has 3 rings (SSSR count). The number of aromatic amines is 1. The highest BCUT2D eigenvalue weighted by Crippen LogP contribution is 2.18. The number of amides is 1. The van der Waals surface area contributed by atoms with Gasteiger partial charge in [0.05, 0.1) is 6.42 Å². The van der Waals surface area contributed by atoms with Crippen molar-refractivity contribution < 1.29 is 4.79 Å². The Hall–Kier alpha value is -2.66. The van der Waals surface area contributed by atoms with Crippen molar-refractivity contribution in [3.63, 3.8) is 0 Å². The number of fused-ring (bicyclic) bond motifs is 1. The van der Waals surface area contributed by atoms with Gasteiger partial charge in [0.15, 0.2) is 0 Å². The maximum Gasteiger partial charge on any atom is 0.245 e. The van der Waals surface area contributed by atoms with Crippen LogP contribution in [-0.2, 0) is 11.2 Å². The summed E-state index contributed by atoms with van der Waals surface area (Å²) in [4.78, 5) is 15.9. The van der Waals surface area contributed by atoms with Crippen molar-refractivity contribution in [1.82, 2.24) is 10.4 Å². The third-order valence-corrected chi connectivity index (χ3v) is 4.04. The van der Waals surface area contributed by atoms with E-state index in [9.17, 15) is 4.79 Å². The quantitative estimate of drug-likeness (QED) is 0.549. The molecule has 0 radical (unpaired) electrons. The number of nitrogens with zero attached hydrogens (tertiary/aromatic N) is 1. The molecule has 0 bridgehead atoms. The molecule has 1 aromatic carbocycles. The van der Waals surface area contributed by atoms with E-state index in [1.807, 2.05) is 48.0 Å². The third kappa shape index (κ3) is 3.51. The Morgan fingerprint density at radius 3 is 3.05 bits per heavy atom. The van der Waals surface area contributed by atoms with E-state index in [1.54, 1.807) is 23.6 Å². The van der Waals surface area contributed by atoms with Crippen molar-refractivity contribution in [3.8, 4) is 0 Å². The highest BCUT2D eigenvalue weighted by Gasteiger charge is 2.01. The topological polar surface area (TPSA) is 57.2 Å². The fourth-order valence-corrected chi connectivity index (χ4v) is 2.85. The predicted molar refractivity (Wildman–Crippen MR) is 92.0 cm³/mol. The third-order valence-electron chi connectivity index (χ3n) is 3.16. The normalized spacial score (nSPS) is 11.6. The molecule has 0 aliphatic rings. The van der Waals surface area contributed by atoms with Crippen molar-refractivity contribution in [1.29, 1.82) is 0 Å². The van der Waals surface area contributed by atoms with Crippen molar-refractivity contribution in [2.24, 2.45) is 5.10 Å². The van der Waals surface area contributed by atoms with Crippen LogP contribution < -0.4 is 5.43 Å². The maximum absolute atomic E-state index is 11.6. The zero-order valence-corrected chi connectivity index (χ0v) is 12.6. The Morgan fingerprint density at radius 1 is 1.27 bits per heavy atom. The smallest absolute Gasteiger partial charge is 0.245 e. The van der Waals surface area contributed by atoms with Crippen LogP contribution in [-0.4, -0.2) is 17.1 Å². The van der Waals surface area contributed by atoms with Crippen LogP contribution >= 0.6 is 11.3 Å². The number of para-hydroxylation sites is 1. The second-order valence-corrected chi connectivity index (χ2v) is 5.75. The minimum Gasteiger partial charge on any atom is -0.361 e. The second kappa shape index (κ2) is 6.87. The van der Waals surface area contributed by atoms with Gasteiger partial charge in [0.2, 0.25) is 5.91 Å². The van der Waals surface area contributed by atoms with Crippen LogP contribution in [0.5, 0.6) is 0 Å². The van der Waals surface area contributed by atoms with Crippen molar-refractivity contribution in [2.75, 3.05) is 0 Å². The first-order chi connectivity index (χ1) is 10.8. The number of carbonyl (C=O) groups is 1. The summed E-state index contributed by atoms with van der Waals surface area (Å²) < 4.78 is 0. The van der Waals surface area contributed by atoms with Crippen LogP contribution in [0.2, 0.25) is 0 Å². The Morgan fingerprint density at radius 2 is 2.18 bits per heavy atom. The average Bonchev–Trinajstić information content (AvgIpc) is 3.17. The van der Waals surface area contributed by atoms with E-state index >= 15 is 0 Å². The lowest BCUT2D eigenvalue weighted by Gasteiger charge is -1.95. The first-order valence-electron chi connectivity index (χ1n) is 6.90. The summed E-state index contributed by atoms with van der Waals surface area (Å²) >= 11 is 1.56. The lowest BCUT2D eigenvalue weighted by molar-refractivity contribution is -0.120. The predicted octanol–water partition coefficient (Wildman–Crippen LogP) is 3.59. The fraction of sp³-hybridized carbons (Fsp3) is 0.0588. The molecule has 5 heteroatoms. The van der Waals surface area contributed by atoms with Crippen LogP contribution in [0.4, 0.5) is 0 Å². The molecule has 2 N–H and O–H groups in total. The Labute approximate surface area is 132 Å². The number of hydrogen-bond donors (Lipinski definition) is 2. The number of carbonyl (C=O) groups excluding carboxylic acids is 1. The van der Waals surface area contributed by atoms with Crippen molar-refractivity contribution >= 4 is 40.4 Å². The summed E-state index contributed by atoms with van der Waals surface area (Å²) in [7, 11) is 0. The summed E-state index contributed by atoms with van der Waals surface area (Å²) in [6.45, 7) is 0. The van der Waals surface area contributed by atoms with Crippen LogP contribution in [0.15, 0.2) is 59.2 Å². The van der Waals surface area contributed by atoms with E-state index in [1.165, 1.54) is 0 Å². The zero-order valence-electron chi connectivity index (χ0n) is 11.8. The number of benzene rings is 1. The molecule has 0 saturated heterocycles. The fourth-order valence-electron chi connectivity index (χ4n) is 2.14. The highest BCUT2D eigenvalue weighted by atomic mass is 32.1. The van der Waals surface area contributed by atoms with Gasteiger partial charge in [-0.05, 0) is 29.2 Å². The van der Waals surface area contributed by atoms with E-state index in [0.717, 1.165) is 21.3 Å². The van der Waals surface area contributed by atoms with Crippen LogP contribution in [0.25, 0.3) is 17.0 Å². The molecule has 0 aliphatic heterocycles. The van der Waals surface area contributed by atoms with E-state index in [0.29, 0.717) is 6.42 Å². The summed E-state index contributed by atoms with van der Waals surface area (Å²) in [6, 6.07) is 12.0. The first-order valence-corrected chi connectivity index (χ1v) is 7.78. The van der Waals surface area contributed by atoms with Gasteiger partial charge in [-0.25, -0.2) is 5.43 Å². The first kappa shape index (κ1) is 14.3. The Balaban J connectivity index is 1.54. The summed E-state index contributed by atoms with van der Waals surface area (Å²) in [5, 5.41) is 7.03. The molecule has 110 valence electrons. The largest absolute Gasteiger partial charge is 0.361 e. The highest BCUT2D eigenvalue weighted by molar-refractivity contribution is 7.10. The Bertz CT molecular complexity index is 815. The molecule has 0 unspecified atom stereocenters. The van der Waals surface area contributed by atoms with Gasteiger partial charge in [-0.3, -0.25) is 4.79 Å². The van der Waals surface area contributed by atoms with Crippen molar-refractivity contribution in [2.45, 2.75) is 6.42 Å². The van der Waals surface area contributed by atoms with E-state index in [4.69, 9.17) is 0 Å². The summed E-state index contributed by atoms with van der Waals surface area (Å²) in [5.41, 5.74) is 4.71. The molecule has 22 heavy (non-hydrogen) atoms. The molecule has 2 aromatic heterocycles. The van der Waals surface area contributed by atoms with Gasteiger partial charge in [-0.15, -0.1) is 11.3 Å². The molecule has 0 fully saturated rings. The number of nitrogens with one attached hydrogen (secondary N) is 2. The number of H-pyrrole nitrogens is 1. The molecule has 4 nitrogen and oxygen atoms in total. The SMILES string of the molecule is O=C(Cc1cccs1)NN=CC=Cc1c[nH]c2ccccc12. The minimum atomic E-state index is -0.112. The number of rotatable bonds is 5. The van der Waals surface area contributed by atoms with Gasteiger partial charge in [-0.2, -0.15) is 5.10 Å². The van der Waals surface area contributed by atoms with Gasteiger partial charge < -0.3 is 4.98 Å². The van der Waals surface area contributed by atoms with Gasteiger partial charge in [0.1, 0.15) is 0 Å². The van der Waals surface area contributed by atoms with Gasteiger partial charge >= 0.3 is 0 Å². The van der Waals surface area contributed by atoms with Crippen LogP contribution in [0, 0.1) is 0 Å². The number of aromatic nitrogens is 1. The van der Waals surface area contributed by atoms with Gasteiger partial charge in [0, 0.05) is 28.2 Å². The van der Waals surface area contributed by atoms with E-state index in [-0.39, 0.29) is 5.91 Å².